The summed E-state index contributed by atoms with van der Waals surface area (Å²) >= 11 is 1.51. The van der Waals surface area contributed by atoms with Crippen LogP contribution in [0.25, 0.3) is 0 Å². The Kier molecular flexibility index (Phi) is 2.70. The van der Waals surface area contributed by atoms with Crippen molar-refractivity contribution in [2.24, 2.45) is 0 Å². The van der Waals surface area contributed by atoms with Crippen LogP contribution in [0, 0.1) is 6.92 Å². The molecule has 3 nitrogen and oxygen atoms in total. The van der Waals surface area contributed by atoms with Crippen LogP contribution in [0.3, 0.4) is 0 Å². The van der Waals surface area contributed by atoms with Gasteiger partial charge in [-0.15, -0.1) is 10.2 Å². The maximum Gasteiger partial charge on any atom is 0.276 e. The summed E-state index contributed by atoms with van der Waals surface area (Å²) in [4.78, 5) is 0. The van der Waals surface area contributed by atoms with Crippen LogP contribution in [-0.2, 0) is 0 Å². The van der Waals surface area contributed by atoms with E-state index >= 15 is 0 Å². The van der Waals surface area contributed by atoms with Gasteiger partial charge >= 0.3 is 0 Å². The zero-order valence-electron chi connectivity index (χ0n) is 6.63. The molecule has 11 heavy (non-hydrogen) atoms. The second-order valence-electron chi connectivity index (χ2n) is 2.33. The van der Waals surface area contributed by atoms with Gasteiger partial charge < -0.3 is 4.42 Å². The van der Waals surface area contributed by atoms with E-state index in [0.29, 0.717) is 11.1 Å². The number of hydrogen-bond donors (Lipinski definition) is 0. The molecular formula is C7H10N2OS. The molecule has 0 fully saturated rings. The van der Waals surface area contributed by atoms with Crippen LogP contribution in [0.1, 0.15) is 12.8 Å². The van der Waals surface area contributed by atoms with Crippen LogP contribution in [-0.4, -0.2) is 16.0 Å². The molecular weight excluding hydrogens is 160 g/mol. The fourth-order valence-electron chi connectivity index (χ4n) is 0.522. The highest BCUT2D eigenvalue weighted by molar-refractivity contribution is 7.99. The molecule has 1 aromatic rings. The van der Waals surface area contributed by atoms with Crippen LogP contribution < -0.4 is 0 Å². The fraction of sp³-hybridized carbons (Fsp3) is 0.429. The van der Waals surface area contributed by atoms with Crippen LogP contribution in [0.2, 0.25) is 0 Å². The number of nitrogens with zero attached hydrogens (tertiary/aromatic N) is 2. The zero-order chi connectivity index (χ0) is 8.27. The molecule has 0 N–H and O–H groups in total. The molecule has 1 rings (SSSR count). The van der Waals surface area contributed by atoms with E-state index < -0.39 is 0 Å². The molecule has 0 saturated heterocycles. The number of hydrogen-bond acceptors (Lipinski definition) is 4. The van der Waals surface area contributed by atoms with Gasteiger partial charge in [-0.1, -0.05) is 23.9 Å². The van der Waals surface area contributed by atoms with Crippen molar-refractivity contribution in [3.8, 4) is 0 Å². The number of aryl methyl sites for hydroxylation is 1. The summed E-state index contributed by atoms with van der Waals surface area (Å²) in [5.41, 5.74) is 1.10. The predicted octanol–water partition coefficient (Wildman–Crippen LogP) is 2.05. The first-order valence-electron chi connectivity index (χ1n) is 3.26. The van der Waals surface area contributed by atoms with Crippen LogP contribution in [0.5, 0.6) is 0 Å². The van der Waals surface area contributed by atoms with Gasteiger partial charge in [0.05, 0.1) is 0 Å². The Labute approximate surface area is 69.9 Å². The highest BCUT2D eigenvalue weighted by Gasteiger charge is 2.01. The van der Waals surface area contributed by atoms with Crippen molar-refractivity contribution in [3.63, 3.8) is 0 Å². The Morgan fingerprint density at radius 2 is 2.36 bits per heavy atom. The summed E-state index contributed by atoms with van der Waals surface area (Å²) in [5, 5.41) is 8.14. The maximum atomic E-state index is 5.13. The molecule has 0 aliphatic rings. The summed E-state index contributed by atoms with van der Waals surface area (Å²) in [6.45, 7) is 7.51. The smallest absolute Gasteiger partial charge is 0.276 e. The number of thioether (sulfide) groups is 1. The van der Waals surface area contributed by atoms with Crippen molar-refractivity contribution in [2.75, 3.05) is 5.75 Å². The van der Waals surface area contributed by atoms with Gasteiger partial charge in [-0.3, -0.25) is 0 Å². The second-order valence-corrected chi connectivity index (χ2v) is 3.26. The largest absolute Gasteiger partial charge is 0.416 e. The van der Waals surface area contributed by atoms with E-state index in [9.17, 15) is 0 Å². The average molecular weight is 170 g/mol. The highest BCUT2D eigenvalue weighted by Crippen LogP contribution is 2.17. The van der Waals surface area contributed by atoms with E-state index in [2.05, 4.69) is 16.8 Å². The van der Waals surface area contributed by atoms with E-state index in [4.69, 9.17) is 4.42 Å². The van der Waals surface area contributed by atoms with Gasteiger partial charge in [0, 0.05) is 12.7 Å². The van der Waals surface area contributed by atoms with Crippen molar-refractivity contribution in [2.45, 2.75) is 19.1 Å². The Balaban J connectivity index is 2.45. The second kappa shape index (κ2) is 3.57. The molecule has 0 radical (unpaired) electrons. The minimum Gasteiger partial charge on any atom is -0.416 e. The van der Waals surface area contributed by atoms with Gasteiger partial charge in [-0.2, -0.15) is 0 Å². The van der Waals surface area contributed by atoms with Crippen LogP contribution >= 0.6 is 11.8 Å². The fourth-order valence-corrected chi connectivity index (χ4v) is 1.17. The Morgan fingerprint density at radius 1 is 1.64 bits per heavy atom. The quantitative estimate of drug-likeness (QED) is 0.514. The molecule has 0 aliphatic heterocycles. The van der Waals surface area contributed by atoms with Crippen molar-refractivity contribution < 1.29 is 4.42 Å². The first-order chi connectivity index (χ1) is 5.18. The van der Waals surface area contributed by atoms with Crippen molar-refractivity contribution in [1.29, 1.82) is 0 Å². The van der Waals surface area contributed by atoms with E-state index in [1.807, 2.05) is 6.92 Å². The van der Waals surface area contributed by atoms with E-state index in [1.165, 1.54) is 11.8 Å². The zero-order valence-corrected chi connectivity index (χ0v) is 7.44. The first-order valence-corrected chi connectivity index (χ1v) is 4.24. The van der Waals surface area contributed by atoms with E-state index in [0.717, 1.165) is 11.3 Å². The molecule has 4 heteroatoms. The lowest BCUT2D eigenvalue weighted by Gasteiger charge is -1.91. The topological polar surface area (TPSA) is 38.9 Å². The monoisotopic (exact) mass is 170 g/mol. The van der Waals surface area contributed by atoms with Gasteiger partial charge in [0.25, 0.3) is 5.22 Å². The lowest BCUT2D eigenvalue weighted by Crippen LogP contribution is -1.78. The van der Waals surface area contributed by atoms with Gasteiger partial charge in [-0.05, 0) is 6.92 Å². The minimum atomic E-state index is 0.606. The number of aromatic nitrogens is 2. The Hall–Kier alpha value is -0.770. The normalized spacial score (nSPS) is 10.0. The highest BCUT2D eigenvalue weighted by atomic mass is 32.2. The Bertz CT molecular complexity index is 257. The molecule has 0 amide bonds. The maximum absolute atomic E-state index is 5.13. The van der Waals surface area contributed by atoms with Crippen LogP contribution in [0.15, 0.2) is 21.8 Å². The summed E-state index contributed by atoms with van der Waals surface area (Å²) in [6, 6.07) is 0. The van der Waals surface area contributed by atoms with Gasteiger partial charge in [0.15, 0.2) is 0 Å². The summed E-state index contributed by atoms with van der Waals surface area (Å²) < 4.78 is 5.13. The third kappa shape index (κ3) is 2.76. The Morgan fingerprint density at radius 3 is 2.82 bits per heavy atom. The average Bonchev–Trinajstić information content (AvgIpc) is 2.31. The van der Waals surface area contributed by atoms with E-state index in [-0.39, 0.29) is 0 Å². The van der Waals surface area contributed by atoms with Gasteiger partial charge in [-0.25, -0.2) is 0 Å². The molecule has 0 aliphatic carbocycles. The lowest BCUT2D eigenvalue weighted by molar-refractivity contribution is 0.429. The summed E-state index contributed by atoms with van der Waals surface area (Å²) in [7, 11) is 0. The van der Waals surface area contributed by atoms with Crippen molar-refractivity contribution in [3.05, 3.63) is 18.0 Å². The third-order valence-corrected chi connectivity index (χ3v) is 2.00. The SMILES string of the molecule is C=C(C)CSc1nnc(C)o1. The minimum absolute atomic E-state index is 0.606. The predicted molar refractivity (Wildman–Crippen MR) is 44.6 cm³/mol. The molecule has 0 atom stereocenters. The van der Waals surface area contributed by atoms with Crippen LogP contribution in [0.4, 0.5) is 0 Å². The van der Waals surface area contributed by atoms with Gasteiger partial charge in [0.2, 0.25) is 5.89 Å². The lowest BCUT2D eigenvalue weighted by atomic mass is 10.4. The van der Waals surface area contributed by atoms with Crippen molar-refractivity contribution >= 4 is 11.8 Å². The first kappa shape index (κ1) is 8.33. The molecule has 60 valence electrons. The third-order valence-electron chi connectivity index (χ3n) is 0.950. The van der Waals surface area contributed by atoms with Crippen molar-refractivity contribution in [1.82, 2.24) is 10.2 Å². The molecule has 0 saturated carbocycles. The molecule has 1 heterocycles. The molecule has 1 aromatic heterocycles. The van der Waals surface area contributed by atoms with Gasteiger partial charge in [0.1, 0.15) is 0 Å². The molecule has 0 spiro atoms. The summed E-state index contributed by atoms with van der Waals surface area (Å²) in [6.07, 6.45) is 0. The molecule has 0 aromatic carbocycles. The molecule has 0 bridgehead atoms. The summed E-state index contributed by atoms with van der Waals surface area (Å²) in [5.74, 6) is 1.44. The standard InChI is InChI=1S/C7H10N2OS/c1-5(2)4-11-7-9-8-6(3)10-7/h1,4H2,2-3H3. The number of rotatable bonds is 3. The van der Waals surface area contributed by atoms with E-state index in [1.54, 1.807) is 6.92 Å². The molecule has 0 unspecified atom stereocenters.